The molecule has 23 heavy (non-hydrogen) atoms. The normalized spacial score (nSPS) is 16.8. The van der Waals surface area contributed by atoms with Gasteiger partial charge in [-0.3, -0.25) is 9.59 Å². The molecule has 0 radical (unpaired) electrons. The number of anilines is 1. The van der Waals surface area contributed by atoms with E-state index in [1.165, 1.54) is 0 Å². The SMILES string of the molecule is CNC(=O)COc1ccc(NC(=O)CC2COCCN2)cc1.Cl. The Morgan fingerprint density at radius 3 is 2.65 bits per heavy atom. The zero-order chi connectivity index (χ0) is 15.8. The van der Waals surface area contributed by atoms with Gasteiger partial charge in [0.05, 0.1) is 13.2 Å². The van der Waals surface area contributed by atoms with E-state index in [0.29, 0.717) is 31.1 Å². The molecule has 2 rings (SSSR count). The second-order valence-electron chi connectivity index (χ2n) is 4.96. The van der Waals surface area contributed by atoms with Crippen LogP contribution in [0.4, 0.5) is 5.69 Å². The van der Waals surface area contributed by atoms with Crippen LogP contribution in [0.2, 0.25) is 0 Å². The van der Waals surface area contributed by atoms with Crippen LogP contribution in [-0.4, -0.2) is 51.3 Å². The first-order valence-corrected chi connectivity index (χ1v) is 7.22. The minimum Gasteiger partial charge on any atom is -0.484 e. The summed E-state index contributed by atoms with van der Waals surface area (Å²) in [6.45, 7) is 1.99. The standard InChI is InChI=1S/C15H21N3O4.ClH/c1-16-15(20)10-22-13-4-2-11(3-5-13)18-14(19)8-12-9-21-7-6-17-12;/h2-5,12,17H,6-10H2,1H3,(H,16,20)(H,18,19);1H. The maximum atomic E-state index is 11.9. The lowest BCUT2D eigenvalue weighted by atomic mass is 10.2. The van der Waals surface area contributed by atoms with Gasteiger partial charge in [0.2, 0.25) is 5.91 Å². The van der Waals surface area contributed by atoms with Crippen LogP contribution in [0.3, 0.4) is 0 Å². The lowest BCUT2D eigenvalue weighted by Gasteiger charge is -2.23. The molecule has 1 aromatic carbocycles. The van der Waals surface area contributed by atoms with Crippen molar-refractivity contribution in [3.63, 3.8) is 0 Å². The number of rotatable bonds is 6. The smallest absolute Gasteiger partial charge is 0.257 e. The van der Waals surface area contributed by atoms with Gasteiger partial charge >= 0.3 is 0 Å². The zero-order valence-electron chi connectivity index (χ0n) is 13.0. The van der Waals surface area contributed by atoms with Crippen molar-refractivity contribution in [2.24, 2.45) is 0 Å². The molecule has 0 aliphatic carbocycles. The highest BCUT2D eigenvalue weighted by molar-refractivity contribution is 5.91. The maximum Gasteiger partial charge on any atom is 0.257 e. The van der Waals surface area contributed by atoms with E-state index in [4.69, 9.17) is 9.47 Å². The van der Waals surface area contributed by atoms with Gasteiger partial charge < -0.3 is 25.4 Å². The van der Waals surface area contributed by atoms with E-state index >= 15 is 0 Å². The molecule has 0 saturated carbocycles. The average molecular weight is 344 g/mol. The second kappa shape index (κ2) is 10.0. The lowest BCUT2D eigenvalue weighted by molar-refractivity contribution is -0.122. The number of carbonyl (C=O) groups excluding carboxylic acids is 2. The number of amides is 2. The molecule has 1 aliphatic heterocycles. The summed E-state index contributed by atoms with van der Waals surface area (Å²) >= 11 is 0. The highest BCUT2D eigenvalue weighted by atomic mass is 35.5. The quantitative estimate of drug-likeness (QED) is 0.702. The van der Waals surface area contributed by atoms with Crippen LogP contribution in [-0.2, 0) is 14.3 Å². The molecule has 1 saturated heterocycles. The zero-order valence-corrected chi connectivity index (χ0v) is 13.8. The highest BCUT2D eigenvalue weighted by Crippen LogP contribution is 2.16. The first-order chi connectivity index (χ1) is 10.7. The molecule has 1 aromatic rings. The molecule has 8 heteroatoms. The van der Waals surface area contributed by atoms with Gasteiger partial charge in [-0.05, 0) is 24.3 Å². The first kappa shape index (κ1) is 19.2. The maximum absolute atomic E-state index is 11.9. The third-order valence-electron chi connectivity index (χ3n) is 3.22. The summed E-state index contributed by atoms with van der Waals surface area (Å²) < 4.78 is 10.6. The van der Waals surface area contributed by atoms with Crippen molar-refractivity contribution in [1.82, 2.24) is 10.6 Å². The van der Waals surface area contributed by atoms with Crippen LogP contribution in [0.15, 0.2) is 24.3 Å². The van der Waals surface area contributed by atoms with Crippen LogP contribution < -0.4 is 20.7 Å². The Morgan fingerprint density at radius 2 is 2.04 bits per heavy atom. The summed E-state index contributed by atoms with van der Waals surface area (Å²) in [6.07, 6.45) is 0.370. The van der Waals surface area contributed by atoms with E-state index in [2.05, 4.69) is 16.0 Å². The summed E-state index contributed by atoms with van der Waals surface area (Å²) in [7, 11) is 1.55. The fraction of sp³-hybridized carbons (Fsp3) is 0.467. The summed E-state index contributed by atoms with van der Waals surface area (Å²) in [6, 6.07) is 6.95. The van der Waals surface area contributed by atoms with Crippen molar-refractivity contribution in [2.45, 2.75) is 12.5 Å². The minimum atomic E-state index is -0.195. The molecule has 1 heterocycles. The molecule has 2 amide bonds. The third-order valence-corrected chi connectivity index (χ3v) is 3.22. The van der Waals surface area contributed by atoms with Gasteiger partial charge in [-0.15, -0.1) is 12.4 Å². The Labute approximate surface area is 141 Å². The monoisotopic (exact) mass is 343 g/mol. The Bertz CT molecular complexity index is 504. The summed E-state index contributed by atoms with van der Waals surface area (Å²) in [4.78, 5) is 23.0. The number of ether oxygens (including phenoxy) is 2. The number of hydrogen-bond donors (Lipinski definition) is 3. The van der Waals surface area contributed by atoms with Crippen molar-refractivity contribution in [3.05, 3.63) is 24.3 Å². The van der Waals surface area contributed by atoms with Crippen LogP contribution in [0.25, 0.3) is 0 Å². The fourth-order valence-corrected chi connectivity index (χ4v) is 2.04. The summed E-state index contributed by atoms with van der Waals surface area (Å²) in [5, 5.41) is 8.53. The second-order valence-corrected chi connectivity index (χ2v) is 4.96. The van der Waals surface area contributed by atoms with Crippen molar-refractivity contribution in [3.8, 4) is 5.75 Å². The van der Waals surface area contributed by atoms with Crippen molar-refractivity contribution >= 4 is 29.9 Å². The molecule has 0 spiro atoms. The van der Waals surface area contributed by atoms with Gasteiger partial charge in [0, 0.05) is 31.7 Å². The molecule has 3 N–H and O–H groups in total. The van der Waals surface area contributed by atoms with Crippen LogP contribution >= 0.6 is 12.4 Å². The van der Waals surface area contributed by atoms with Gasteiger partial charge in [-0.25, -0.2) is 0 Å². The molecule has 1 unspecified atom stereocenters. The lowest BCUT2D eigenvalue weighted by Crippen LogP contribution is -2.43. The fourth-order valence-electron chi connectivity index (χ4n) is 2.04. The number of benzene rings is 1. The van der Waals surface area contributed by atoms with E-state index in [9.17, 15) is 9.59 Å². The van der Waals surface area contributed by atoms with Crippen LogP contribution in [0, 0.1) is 0 Å². The van der Waals surface area contributed by atoms with E-state index in [0.717, 1.165) is 6.54 Å². The predicted octanol–water partition coefficient (Wildman–Crippen LogP) is 0.550. The largest absolute Gasteiger partial charge is 0.484 e. The predicted molar refractivity (Wildman–Crippen MR) is 89.1 cm³/mol. The van der Waals surface area contributed by atoms with Gasteiger partial charge in [0.25, 0.3) is 5.91 Å². The molecule has 0 aromatic heterocycles. The minimum absolute atomic E-state index is 0. The number of carbonyl (C=O) groups is 2. The van der Waals surface area contributed by atoms with E-state index in [-0.39, 0.29) is 36.9 Å². The number of likely N-dealkylation sites (N-methyl/N-ethyl adjacent to an activating group) is 1. The van der Waals surface area contributed by atoms with Crippen molar-refractivity contribution in [2.75, 3.05) is 38.7 Å². The number of morpholine rings is 1. The molecule has 128 valence electrons. The third kappa shape index (κ3) is 6.85. The summed E-state index contributed by atoms with van der Waals surface area (Å²) in [5.74, 6) is 0.311. The topological polar surface area (TPSA) is 88.7 Å². The highest BCUT2D eigenvalue weighted by Gasteiger charge is 2.16. The van der Waals surface area contributed by atoms with E-state index in [1.807, 2.05) is 0 Å². The number of hydrogen-bond acceptors (Lipinski definition) is 5. The molecule has 0 bridgehead atoms. The van der Waals surface area contributed by atoms with Gasteiger partial charge in [0.1, 0.15) is 5.75 Å². The number of halogens is 1. The molecule has 1 aliphatic rings. The number of nitrogens with one attached hydrogen (secondary N) is 3. The molecule has 7 nitrogen and oxygen atoms in total. The van der Waals surface area contributed by atoms with Gasteiger partial charge in [-0.1, -0.05) is 0 Å². The molecule has 1 atom stereocenters. The Morgan fingerprint density at radius 1 is 1.30 bits per heavy atom. The van der Waals surface area contributed by atoms with Gasteiger partial charge in [0.15, 0.2) is 6.61 Å². The summed E-state index contributed by atoms with van der Waals surface area (Å²) in [5.41, 5.74) is 0.689. The Kier molecular flexibility index (Phi) is 8.39. The van der Waals surface area contributed by atoms with E-state index < -0.39 is 0 Å². The van der Waals surface area contributed by atoms with Crippen molar-refractivity contribution in [1.29, 1.82) is 0 Å². The Hall–Kier alpha value is -1.83. The van der Waals surface area contributed by atoms with Gasteiger partial charge in [-0.2, -0.15) is 0 Å². The molecular formula is C15H22ClN3O4. The molecule has 1 fully saturated rings. The average Bonchev–Trinajstić information content (AvgIpc) is 2.54. The van der Waals surface area contributed by atoms with Crippen molar-refractivity contribution < 1.29 is 19.1 Å². The van der Waals surface area contributed by atoms with E-state index in [1.54, 1.807) is 31.3 Å². The van der Waals surface area contributed by atoms with Crippen LogP contribution in [0.1, 0.15) is 6.42 Å². The Balaban J connectivity index is 0.00000264. The van der Waals surface area contributed by atoms with Crippen LogP contribution in [0.5, 0.6) is 5.75 Å². The first-order valence-electron chi connectivity index (χ1n) is 7.22. The molecular weight excluding hydrogens is 322 g/mol.